The van der Waals surface area contributed by atoms with Crippen LogP contribution in [0.2, 0.25) is 0 Å². The summed E-state index contributed by atoms with van der Waals surface area (Å²) >= 11 is 3.65. The second kappa shape index (κ2) is 9.77. The first-order chi connectivity index (χ1) is 16.2. The lowest BCUT2D eigenvalue weighted by atomic mass is 9.99. The summed E-state index contributed by atoms with van der Waals surface area (Å²) in [5.74, 6) is 0.632. The van der Waals surface area contributed by atoms with E-state index >= 15 is 0 Å². The highest BCUT2D eigenvalue weighted by Gasteiger charge is 2.29. The van der Waals surface area contributed by atoms with Crippen LogP contribution in [0.15, 0.2) is 83.7 Å². The molecule has 33 heavy (non-hydrogen) atoms. The summed E-state index contributed by atoms with van der Waals surface area (Å²) < 4.78 is 9.34. The lowest BCUT2D eigenvalue weighted by Gasteiger charge is -2.33. The minimum Gasteiger partial charge on any atom is -0.469 e. The quantitative estimate of drug-likeness (QED) is 0.371. The van der Waals surface area contributed by atoms with Crippen LogP contribution in [0.1, 0.15) is 17.2 Å². The number of anilines is 1. The molecule has 1 aliphatic rings. The monoisotopic (exact) mass is 503 g/mol. The van der Waals surface area contributed by atoms with Crippen LogP contribution in [0.25, 0.3) is 11.1 Å². The zero-order chi connectivity index (χ0) is 22.6. The smallest absolute Gasteiger partial charge is 0.237 e. The minimum absolute atomic E-state index is 0.0362. The molecule has 7 heteroatoms. The van der Waals surface area contributed by atoms with Crippen LogP contribution < -0.4 is 15.4 Å². The van der Waals surface area contributed by atoms with Gasteiger partial charge < -0.3 is 15.4 Å². The number of pyridine rings is 1. The van der Waals surface area contributed by atoms with Gasteiger partial charge in [0.15, 0.2) is 0 Å². The van der Waals surface area contributed by atoms with Gasteiger partial charge in [0.1, 0.15) is 6.10 Å². The molecule has 0 bridgehead atoms. The van der Waals surface area contributed by atoms with Crippen LogP contribution in [-0.2, 0) is 13.5 Å². The molecule has 2 N–H and O–H groups in total. The zero-order valence-corrected chi connectivity index (χ0v) is 20.0. The highest BCUT2D eigenvalue weighted by Crippen LogP contribution is 2.34. The molecule has 0 amide bonds. The molecular weight excluding hydrogens is 478 g/mol. The molecule has 2 atom stereocenters. The molecule has 168 valence electrons. The van der Waals surface area contributed by atoms with Crippen LogP contribution in [0.5, 0.6) is 5.88 Å². The maximum absolute atomic E-state index is 6.40. The Kier molecular flexibility index (Phi) is 6.41. The Morgan fingerprint density at radius 2 is 1.94 bits per heavy atom. The van der Waals surface area contributed by atoms with E-state index in [1.54, 1.807) is 4.68 Å². The van der Waals surface area contributed by atoms with Crippen LogP contribution in [0.3, 0.4) is 0 Å². The molecule has 0 spiro atoms. The molecule has 2 aromatic carbocycles. The van der Waals surface area contributed by atoms with Crippen molar-refractivity contribution in [3.8, 4) is 17.0 Å². The summed E-state index contributed by atoms with van der Waals surface area (Å²) in [6, 6.07) is 20.9. The number of hydrogen-bond donors (Lipinski definition) is 2. The van der Waals surface area contributed by atoms with Gasteiger partial charge in [0, 0.05) is 35.0 Å². The number of ether oxygens (including phenoxy) is 1. The number of hydrogen-bond acceptors (Lipinski definition) is 5. The molecule has 0 unspecified atom stereocenters. The van der Waals surface area contributed by atoms with Crippen molar-refractivity contribution in [1.82, 2.24) is 20.1 Å². The number of halogens is 1. The van der Waals surface area contributed by atoms with Gasteiger partial charge in [-0.3, -0.25) is 4.68 Å². The van der Waals surface area contributed by atoms with Gasteiger partial charge in [-0.25, -0.2) is 4.98 Å². The first kappa shape index (κ1) is 21.7. The number of benzene rings is 2. The third-order valence-electron chi connectivity index (χ3n) is 5.89. The predicted molar refractivity (Wildman–Crippen MR) is 134 cm³/mol. The number of aromatic nitrogens is 3. The van der Waals surface area contributed by atoms with Gasteiger partial charge in [-0.1, -0.05) is 64.5 Å². The van der Waals surface area contributed by atoms with E-state index in [1.807, 2.05) is 37.8 Å². The Morgan fingerprint density at radius 3 is 2.73 bits per heavy atom. The van der Waals surface area contributed by atoms with E-state index in [4.69, 9.17) is 4.74 Å². The molecule has 2 aromatic heterocycles. The molecule has 5 rings (SSSR count). The van der Waals surface area contributed by atoms with Crippen molar-refractivity contribution in [2.24, 2.45) is 7.05 Å². The largest absolute Gasteiger partial charge is 0.469 e. The van der Waals surface area contributed by atoms with E-state index in [0.717, 1.165) is 34.3 Å². The van der Waals surface area contributed by atoms with Gasteiger partial charge >= 0.3 is 0 Å². The predicted octanol–water partition coefficient (Wildman–Crippen LogP) is 4.99. The van der Waals surface area contributed by atoms with E-state index in [9.17, 15) is 0 Å². The van der Waals surface area contributed by atoms with E-state index in [1.165, 1.54) is 11.1 Å². The highest BCUT2D eigenvalue weighted by molar-refractivity contribution is 9.10. The van der Waals surface area contributed by atoms with Crippen molar-refractivity contribution in [2.45, 2.75) is 18.6 Å². The average molecular weight is 504 g/mol. The number of fused-ring (bicyclic) bond motifs is 1. The second-order valence-corrected chi connectivity index (χ2v) is 9.05. The van der Waals surface area contributed by atoms with E-state index < -0.39 is 0 Å². The lowest BCUT2D eigenvalue weighted by Crippen LogP contribution is -2.43. The third kappa shape index (κ3) is 4.94. The van der Waals surface area contributed by atoms with Gasteiger partial charge in [-0.05, 0) is 36.2 Å². The topological polar surface area (TPSA) is 64.0 Å². The maximum atomic E-state index is 6.40. The van der Waals surface area contributed by atoms with Gasteiger partial charge in [-0.2, -0.15) is 5.10 Å². The number of nitrogens with one attached hydrogen (secondary N) is 2. The normalized spacial score (nSPS) is 15.9. The molecule has 4 aromatic rings. The average Bonchev–Trinajstić information content (AvgIpc) is 3.29. The van der Waals surface area contributed by atoms with Gasteiger partial charge in [-0.15, -0.1) is 0 Å². The summed E-state index contributed by atoms with van der Waals surface area (Å²) in [6.07, 6.45) is 6.51. The maximum Gasteiger partial charge on any atom is 0.237 e. The standard InChI is InChI=1S/C26H26BrN5O/c1-32-17-21(15-31-32)20-13-23-26(30-14-20)33-24(16-29-23)25(19-8-3-2-4-9-19)28-12-11-18-7-5-6-10-22(18)27/h2-10,13-15,17,24-25,28-29H,11-12,16H2,1H3/t24-,25+/m0/s1. The zero-order valence-electron chi connectivity index (χ0n) is 18.4. The van der Waals surface area contributed by atoms with Crippen molar-refractivity contribution in [3.63, 3.8) is 0 Å². The first-order valence-electron chi connectivity index (χ1n) is 11.1. The number of rotatable bonds is 7. The molecule has 3 heterocycles. The Balaban J connectivity index is 1.33. The first-order valence-corrected chi connectivity index (χ1v) is 11.9. The van der Waals surface area contributed by atoms with Crippen molar-refractivity contribution in [1.29, 1.82) is 0 Å². The summed E-state index contributed by atoms with van der Waals surface area (Å²) in [6.45, 7) is 1.52. The van der Waals surface area contributed by atoms with E-state index in [-0.39, 0.29) is 12.1 Å². The highest BCUT2D eigenvalue weighted by atomic mass is 79.9. The summed E-state index contributed by atoms with van der Waals surface area (Å²) in [4.78, 5) is 4.61. The molecule has 0 aliphatic carbocycles. The molecule has 0 radical (unpaired) electrons. The van der Waals surface area contributed by atoms with Gasteiger partial charge in [0.25, 0.3) is 0 Å². The van der Waals surface area contributed by atoms with Gasteiger partial charge in [0.2, 0.25) is 5.88 Å². The molecule has 0 saturated heterocycles. The van der Waals surface area contributed by atoms with Crippen molar-refractivity contribution in [2.75, 3.05) is 18.4 Å². The van der Waals surface area contributed by atoms with Crippen LogP contribution in [0, 0.1) is 0 Å². The van der Waals surface area contributed by atoms with Crippen LogP contribution >= 0.6 is 15.9 Å². The fourth-order valence-electron chi connectivity index (χ4n) is 4.17. The number of nitrogens with zero attached hydrogens (tertiary/aromatic N) is 3. The Bertz CT molecular complexity index is 1230. The fourth-order valence-corrected chi connectivity index (χ4v) is 4.65. The van der Waals surface area contributed by atoms with Crippen molar-refractivity contribution >= 4 is 21.6 Å². The van der Waals surface area contributed by atoms with Crippen LogP contribution in [0.4, 0.5) is 5.69 Å². The van der Waals surface area contributed by atoms with E-state index in [0.29, 0.717) is 12.4 Å². The molecule has 1 aliphatic heterocycles. The summed E-state index contributed by atoms with van der Waals surface area (Å²) in [5.41, 5.74) is 5.45. The molecule has 0 saturated carbocycles. The molecule has 0 fully saturated rings. The SMILES string of the molecule is Cn1cc(-c2cnc3c(c2)NC[C@@H]([C@H](NCCc2ccccc2Br)c2ccccc2)O3)cn1. The van der Waals surface area contributed by atoms with Gasteiger partial charge in [0.05, 0.1) is 24.5 Å². The Hall–Kier alpha value is -3.16. The van der Waals surface area contributed by atoms with Crippen molar-refractivity contribution in [3.05, 3.63) is 94.9 Å². The lowest BCUT2D eigenvalue weighted by molar-refractivity contribution is 0.150. The second-order valence-electron chi connectivity index (χ2n) is 8.20. The molecular formula is C26H26BrN5O. The Labute approximate surface area is 202 Å². The summed E-state index contributed by atoms with van der Waals surface area (Å²) in [5, 5.41) is 11.5. The van der Waals surface area contributed by atoms with E-state index in [2.05, 4.69) is 85.2 Å². The Morgan fingerprint density at radius 1 is 1.12 bits per heavy atom. The molecule has 6 nitrogen and oxygen atoms in total. The number of aryl methyl sites for hydroxylation is 1. The third-order valence-corrected chi connectivity index (χ3v) is 6.67. The van der Waals surface area contributed by atoms with Crippen LogP contribution in [-0.4, -0.2) is 34.0 Å². The fraction of sp³-hybridized carbons (Fsp3) is 0.231. The van der Waals surface area contributed by atoms with Crippen molar-refractivity contribution < 1.29 is 4.74 Å². The minimum atomic E-state index is -0.0872. The summed E-state index contributed by atoms with van der Waals surface area (Å²) in [7, 11) is 1.91.